The summed E-state index contributed by atoms with van der Waals surface area (Å²) in [6.07, 6.45) is 4.57. The van der Waals surface area contributed by atoms with E-state index < -0.39 is 62.6 Å². The van der Waals surface area contributed by atoms with Gasteiger partial charge in [-0.05, 0) is 64.8 Å². The third-order valence-corrected chi connectivity index (χ3v) is 10.4. The Balaban J connectivity index is 1.69. The minimum atomic E-state index is -4.45. The van der Waals surface area contributed by atoms with Crippen LogP contribution >= 0.6 is 0 Å². The number of methoxy groups -OCH3 is 1. The first-order chi connectivity index (χ1) is 18.0. The highest BCUT2D eigenvalue weighted by Crippen LogP contribution is 2.59. The number of rotatable bonds is 4. The number of ether oxygens (including phenoxy) is 2. The second-order valence-electron chi connectivity index (χ2n) is 11.6. The van der Waals surface area contributed by atoms with E-state index in [4.69, 9.17) is 9.47 Å². The molecule has 3 heterocycles. The first-order valence-electron chi connectivity index (χ1n) is 12.8. The molecule has 1 amide bonds. The quantitative estimate of drug-likeness (QED) is 0.464. The summed E-state index contributed by atoms with van der Waals surface area (Å²) in [4.78, 5) is 21.6. The Bertz CT molecular complexity index is 1370. The zero-order valence-corrected chi connectivity index (χ0v) is 24.0. The fraction of sp³-hybridized carbons (Fsp3) is 0.536. The van der Waals surface area contributed by atoms with Gasteiger partial charge >= 0.3 is 6.09 Å². The van der Waals surface area contributed by atoms with E-state index in [1.54, 1.807) is 64.4 Å². The lowest BCUT2D eigenvalue weighted by Crippen LogP contribution is -2.56. The van der Waals surface area contributed by atoms with E-state index in [9.17, 15) is 13.2 Å². The number of aromatic nitrogens is 2. The van der Waals surface area contributed by atoms with Crippen molar-refractivity contribution in [3.05, 3.63) is 48.4 Å². The summed E-state index contributed by atoms with van der Waals surface area (Å²) >= 11 is 0. The molecule has 1 saturated carbocycles. The number of carbonyl (C=O) groups excluding carboxylic acids is 1. The molecule has 0 spiro atoms. The third-order valence-electron chi connectivity index (χ3n) is 7.81. The second kappa shape index (κ2) is 9.83. The minimum absolute atomic E-state index is 0.450. The van der Waals surface area contributed by atoms with Gasteiger partial charge < -0.3 is 9.47 Å². The molecule has 1 saturated heterocycles. The smallest absolute Gasteiger partial charge is 0.424 e. The molecule has 8 nitrogen and oxygen atoms in total. The molecule has 2 aromatic rings. The number of sulfonamides is 1. The highest BCUT2D eigenvalue weighted by atomic mass is 32.2. The summed E-state index contributed by atoms with van der Waals surface area (Å²) in [5.74, 6) is -5.62. The van der Waals surface area contributed by atoms with Crippen LogP contribution in [-0.2, 0) is 14.8 Å². The molecule has 39 heavy (non-hydrogen) atoms. The highest BCUT2D eigenvalue weighted by molar-refractivity contribution is 7.91. The van der Waals surface area contributed by atoms with Crippen LogP contribution in [0.3, 0.4) is 0 Å². The fourth-order valence-electron chi connectivity index (χ4n) is 5.93. The molecule has 0 N–H and O–H groups in total. The molecule has 11 heteroatoms. The Hall–Kier alpha value is -3.08. The number of hydrogen-bond donors (Lipinski definition) is 0. The molecule has 0 bridgehead atoms. The molecule has 2 fully saturated rings. The largest absolute Gasteiger partial charge is 0.481 e. The summed E-state index contributed by atoms with van der Waals surface area (Å²) in [7, 11) is -2.92. The zero-order valence-electron chi connectivity index (χ0n) is 23.2. The van der Waals surface area contributed by atoms with Crippen LogP contribution in [0.2, 0.25) is 0 Å². The van der Waals surface area contributed by atoms with Crippen LogP contribution in [0.15, 0.2) is 42.7 Å². The molecule has 2 aliphatic rings. The van der Waals surface area contributed by atoms with Gasteiger partial charge in [0.25, 0.3) is 5.92 Å². The van der Waals surface area contributed by atoms with Gasteiger partial charge in [0.15, 0.2) is 0 Å². The molecule has 212 valence electrons. The van der Waals surface area contributed by atoms with Gasteiger partial charge in [-0.15, -0.1) is 0 Å². The number of alkyl halides is 2. The van der Waals surface area contributed by atoms with Crippen LogP contribution in [0.1, 0.15) is 53.7 Å². The second-order valence-corrected chi connectivity index (χ2v) is 13.8. The van der Waals surface area contributed by atoms with Gasteiger partial charge in [0.1, 0.15) is 5.60 Å². The maximum absolute atomic E-state index is 15.4. The van der Waals surface area contributed by atoms with E-state index in [2.05, 4.69) is 9.97 Å². The average Bonchev–Trinajstić information content (AvgIpc) is 2.98. The number of fused-ring (bicyclic) bond motifs is 1. The van der Waals surface area contributed by atoms with Gasteiger partial charge in [-0.1, -0.05) is 19.1 Å². The van der Waals surface area contributed by atoms with Crippen molar-refractivity contribution in [3.63, 3.8) is 0 Å². The van der Waals surface area contributed by atoms with Gasteiger partial charge in [0, 0.05) is 41.8 Å². The molecular formula is C28H35F2N3O5S. The molecular weight excluding hydrogens is 528 g/mol. The first-order valence-corrected chi connectivity index (χ1v) is 14.3. The van der Waals surface area contributed by atoms with Crippen molar-refractivity contribution in [1.29, 1.82) is 0 Å². The summed E-state index contributed by atoms with van der Waals surface area (Å²) in [6, 6.07) is 6.32. The predicted octanol–water partition coefficient (Wildman–Crippen LogP) is 5.80. The van der Waals surface area contributed by atoms with Gasteiger partial charge in [-0.25, -0.2) is 31.3 Å². The lowest BCUT2D eigenvalue weighted by atomic mass is 9.63. The summed E-state index contributed by atoms with van der Waals surface area (Å²) < 4.78 is 67.6. The summed E-state index contributed by atoms with van der Waals surface area (Å²) in [5.41, 5.74) is 1.09. The monoisotopic (exact) mass is 563 g/mol. The third kappa shape index (κ3) is 5.01. The van der Waals surface area contributed by atoms with E-state index in [-0.39, 0.29) is 0 Å². The van der Waals surface area contributed by atoms with Crippen molar-refractivity contribution in [3.8, 4) is 17.0 Å². The topological polar surface area (TPSA) is 98.7 Å². The summed E-state index contributed by atoms with van der Waals surface area (Å²) in [5, 5.41) is 0. The molecule has 2 aromatic heterocycles. The van der Waals surface area contributed by atoms with E-state index in [0.717, 1.165) is 11.1 Å². The Kier molecular flexibility index (Phi) is 7.29. The molecule has 0 aromatic carbocycles. The van der Waals surface area contributed by atoms with E-state index in [1.807, 2.05) is 12.1 Å². The van der Waals surface area contributed by atoms with Crippen LogP contribution in [0, 0.1) is 17.8 Å². The van der Waals surface area contributed by atoms with Crippen molar-refractivity contribution < 1.29 is 31.5 Å². The summed E-state index contributed by atoms with van der Waals surface area (Å²) in [6.45, 7) is 9.20. The number of halogens is 2. The van der Waals surface area contributed by atoms with E-state index in [0.29, 0.717) is 15.9 Å². The Morgan fingerprint density at radius 3 is 2.46 bits per heavy atom. The maximum Gasteiger partial charge on any atom is 0.424 e. The fourth-order valence-corrected chi connectivity index (χ4v) is 8.26. The molecule has 1 aliphatic heterocycles. The number of amides is 1. The maximum atomic E-state index is 15.4. The molecule has 1 aliphatic carbocycles. The van der Waals surface area contributed by atoms with Crippen LogP contribution in [0.5, 0.6) is 5.88 Å². The lowest BCUT2D eigenvalue weighted by Gasteiger charge is -2.46. The first kappa shape index (κ1) is 28.9. The number of pyridine rings is 2. The van der Waals surface area contributed by atoms with Crippen LogP contribution in [-0.4, -0.2) is 58.2 Å². The van der Waals surface area contributed by atoms with Gasteiger partial charge in [-0.2, -0.15) is 0 Å². The van der Waals surface area contributed by atoms with Gasteiger partial charge in [-0.3, -0.25) is 4.98 Å². The van der Waals surface area contributed by atoms with Crippen molar-refractivity contribution >= 4 is 22.2 Å². The number of allylic oxidation sites excluding steroid dienone is 1. The Labute approximate surface area is 228 Å². The molecule has 4 rings (SSSR count). The molecule has 5 atom stereocenters. The van der Waals surface area contributed by atoms with Gasteiger partial charge in [0.05, 0.1) is 23.6 Å². The molecule has 5 unspecified atom stereocenters. The molecule has 0 radical (unpaired) electrons. The standard InChI is InChI=1S/C28H35F2N3O5S/c1-17-21(13-12-20-11-10-19(15-32-20)22-9-8-14-31-24(22)37-7)23-18(2)33(25(34)38-26(3,4)5)39(35,36)27(23,6)16-28(17,29)30/h8-15,17-18,21,23H,16H2,1-7H3/b13-12+. The predicted molar refractivity (Wildman–Crippen MR) is 144 cm³/mol. The SMILES string of the molecule is COc1ncccc1-c1ccc(/C=C/C2C(C)C(F)(F)CC3(C)C2C(C)N(C(=O)OC(C)(C)C)S3(=O)=O)nc1. The normalized spacial score (nSPS) is 29.7. The van der Waals surface area contributed by atoms with Crippen molar-refractivity contribution in [2.24, 2.45) is 17.8 Å². The van der Waals surface area contributed by atoms with Crippen LogP contribution < -0.4 is 4.74 Å². The van der Waals surface area contributed by atoms with Gasteiger partial charge in [0.2, 0.25) is 15.9 Å². The van der Waals surface area contributed by atoms with Crippen molar-refractivity contribution in [1.82, 2.24) is 14.3 Å². The number of carbonyl (C=O) groups is 1. The van der Waals surface area contributed by atoms with E-state index >= 15 is 8.78 Å². The minimum Gasteiger partial charge on any atom is -0.481 e. The average molecular weight is 564 g/mol. The Morgan fingerprint density at radius 2 is 1.87 bits per heavy atom. The van der Waals surface area contributed by atoms with Crippen molar-refractivity contribution in [2.75, 3.05) is 7.11 Å². The number of nitrogens with zero attached hydrogens (tertiary/aromatic N) is 3. The lowest BCUT2D eigenvalue weighted by molar-refractivity contribution is -0.122. The van der Waals surface area contributed by atoms with Crippen LogP contribution in [0.25, 0.3) is 17.2 Å². The Morgan fingerprint density at radius 1 is 1.18 bits per heavy atom. The van der Waals surface area contributed by atoms with Crippen LogP contribution in [0.4, 0.5) is 13.6 Å². The van der Waals surface area contributed by atoms with E-state index in [1.165, 1.54) is 21.0 Å². The zero-order chi connectivity index (χ0) is 29.0. The highest BCUT2D eigenvalue weighted by Gasteiger charge is 2.71. The van der Waals surface area contributed by atoms with Crippen molar-refractivity contribution in [2.45, 2.75) is 70.3 Å². The number of hydrogen-bond acceptors (Lipinski definition) is 7.